The number of alkyl carbamates (subject to hydrolysis) is 2. The van der Waals surface area contributed by atoms with E-state index in [2.05, 4.69) is 51.5 Å². The SMILES string of the molecule is C=C(C)C(=O)OC12CC3(C)CC(C)(CC(OC(=O)NCCCCNC(=O)OC45CC6(C)CC(C)(C4)CC(OC(=O)C(=C)C)(C6)C5)(C3)C1)C2. The molecule has 0 aromatic heterocycles. The monoisotopic (exact) mass is 668 g/mol. The summed E-state index contributed by atoms with van der Waals surface area (Å²) in [5.74, 6) is -0.758. The molecule has 10 nitrogen and oxygen atoms in total. The Kier molecular flexibility index (Phi) is 8.15. The van der Waals surface area contributed by atoms with Gasteiger partial charge in [0.05, 0.1) is 0 Å². The lowest BCUT2D eigenvalue weighted by Gasteiger charge is -2.67. The van der Waals surface area contributed by atoms with Crippen molar-refractivity contribution in [2.24, 2.45) is 21.7 Å². The molecule has 8 saturated carbocycles. The minimum Gasteiger partial charge on any atom is -0.456 e. The first-order valence-corrected chi connectivity index (χ1v) is 17.8. The molecule has 4 unspecified atom stereocenters. The number of rotatable bonds is 11. The van der Waals surface area contributed by atoms with Gasteiger partial charge in [0.25, 0.3) is 0 Å². The normalized spacial score (nSPS) is 42.9. The zero-order valence-electron chi connectivity index (χ0n) is 30.0. The Morgan fingerprint density at radius 3 is 1.02 bits per heavy atom. The smallest absolute Gasteiger partial charge is 0.407 e. The van der Waals surface area contributed by atoms with Crippen LogP contribution in [-0.4, -0.2) is 59.6 Å². The summed E-state index contributed by atoms with van der Waals surface area (Å²) in [6, 6.07) is 0. The van der Waals surface area contributed by atoms with E-state index < -0.39 is 34.6 Å². The molecule has 8 rings (SSSR count). The highest BCUT2D eigenvalue weighted by atomic mass is 16.6. The van der Waals surface area contributed by atoms with Crippen molar-refractivity contribution in [2.45, 2.75) is 154 Å². The van der Waals surface area contributed by atoms with Crippen LogP contribution in [0.4, 0.5) is 9.59 Å². The van der Waals surface area contributed by atoms with Gasteiger partial charge in [-0.25, -0.2) is 19.2 Å². The van der Waals surface area contributed by atoms with Crippen molar-refractivity contribution in [3.05, 3.63) is 24.3 Å². The number of unbranched alkanes of at least 4 members (excludes halogenated alkanes) is 1. The van der Waals surface area contributed by atoms with E-state index in [-0.39, 0.29) is 33.6 Å². The topological polar surface area (TPSA) is 129 Å². The third-order valence-electron chi connectivity index (χ3n) is 12.1. The molecule has 0 aromatic rings. The molecule has 0 spiro atoms. The van der Waals surface area contributed by atoms with Crippen LogP contribution in [0.3, 0.4) is 0 Å². The van der Waals surface area contributed by atoms with Crippen molar-refractivity contribution in [1.82, 2.24) is 10.6 Å². The van der Waals surface area contributed by atoms with Crippen molar-refractivity contribution in [1.29, 1.82) is 0 Å². The first-order chi connectivity index (χ1) is 22.1. The van der Waals surface area contributed by atoms with E-state index in [1.807, 2.05) is 0 Å². The van der Waals surface area contributed by atoms with Crippen LogP contribution in [0.15, 0.2) is 24.3 Å². The van der Waals surface area contributed by atoms with E-state index in [9.17, 15) is 19.2 Å². The van der Waals surface area contributed by atoms with Gasteiger partial charge in [-0.15, -0.1) is 0 Å². The molecule has 0 radical (unpaired) electrons. The molecule has 0 saturated heterocycles. The van der Waals surface area contributed by atoms with Crippen molar-refractivity contribution in [3.8, 4) is 0 Å². The summed E-state index contributed by atoms with van der Waals surface area (Å²) in [6.45, 7) is 20.6. The standard InChI is InChI=1S/C38H56N2O8/c1-25(2)27(41)45-35-15-31(5)13-32(6,16-35)20-37(19-31,23-35)47-29(43)39-11-9-10-12-40-30(44)48-38-21-33(7)14-34(8,22-38)18-36(17-33,24-38)46-28(42)26(3)4/h1,3,9-24H2,2,4-8H3,(H,39,43)(H,40,44). The van der Waals surface area contributed by atoms with E-state index in [4.69, 9.17) is 18.9 Å². The van der Waals surface area contributed by atoms with Crippen molar-refractivity contribution < 1.29 is 38.1 Å². The Morgan fingerprint density at radius 2 is 0.750 bits per heavy atom. The van der Waals surface area contributed by atoms with Gasteiger partial charge in [-0.2, -0.15) is 0 Å². The minimum atomic E-state index is -0.671. The number of esters is 2. The summed E-state index contributed by atoms with van der Waals surface area (Å²) in [7, 11) is 0. The van der Waals surface area contributed by atoms with Gasteiger partial charge in [0.1, 0.15) is 22.4 Å². The molecule has 8 fully saturated rings. The zero-order valence-corrected chi connectivity index (χ0v) is 30.0. The molecule has 266 valence electrons. The van der Waals surface area contributed by atoms with Crippen LogP contribution < -0.4 is 10.6 Å². The van der Waals surface area contributed by atoms with E-state index in [1.165, 1.54) is 0 Å². The second kappa shape index (κ2) is 11.2. The van der Waals surface area contributed by atoms with E-state index in [0.717, 1.165) is 64.2 Å². The molecule has 48 heavy (non-hydrogen) atoms. The first kappa shape index (κ1) is 34.8. The van der Waals surface area contributed by atoms with Crippen LogP contribution in [0.25, 0.3) is 0 Å². The molecule has 10 heteroatoms. The summed E-state index contributed by atoms with van der Waals surface area (Å²) in [5, 5.41) is 5.81. The Balaban J connectivity index is 0.966. The van der Waals surface area contributed by atoms with Crippen molar-refractivity contribution in [3.63, 3.8) is 0 Å². The van der Waals surface area contributed by atoms with E-state index in [0.29, 0.717) is 49.9 Å². The maximum absolute atomic E-state index is 13.1. The third-order valence-corrected chi connectivity index (χ3v) is 12.1. The van der Waals surface area contributed by atoms with E-state index >= 15 is 0 Å². The first-order valence-electron chi connectivity index (χ1n) is 17.8. The number of ether oxygens (including phenoxy) is 4. The van der Waals surface area contributed by atoms with Gasteiger partial charge < -0.3 is 29.6 Å². The molecule has 8 aliphatic rings. The highest BCUT2D eigenvalue weighted by Crippen LogP contribution is 2.71. The summed E-state index contributed by atoms with van der Waals surface area (Å²) >= 11 is 0. The molecule has 2 N–H and O–H groups in total. The van der Waals surface area contributed by atoms with Gasteiger partial charge in [0, 0.05) is 37.1 Å². The summed E-state index contributed by atoms with van der Waals surface area (Å²) in [4.78, 5) is 51.3. The maximum atomic E-state index is 13.1. The van der Waals surface area contributed by atoms with E-state index in [1.54, 1.807) is 13.8 Å². The Morgan fingerprint density at radius 1 is 0.479 bits per heavy atom. The number of carbonyl (C=O) groups excluding carboxylic acids is 4. The Bertz CT molecular complexity index is 1290. The fourth-order valence-corrected chi connectivity index (χ4v) is 13.1. The van der Waals surface area contributed by atoms with Crippen molar-refractivity contribution >= 4 is 24.1 Å². The van der Waals surface area contributed by atoms with Crippen LogP contribution in [0.5, 0.6) is 0 Å². The molecule has 2 amide bonds. The number of carbonyl (C=O) groups is 4. The Labute approximate surface area is 285 Å². The summed E-state index contributed by atoms with van der Waals surface area (Å²) in [5.41, 5.74) is -2.15. The fraction of sp³-hybridized carbons (Fsp3) is 0.789. The van der Waals surface area contributed by atoms with Gasteiger partial charge in [0.2, 0.25) is 0 Å². The van der Waals surface area contributed by atoms with Crippen LogP contribution in [-0.2, 0) is 28.5 Å². The van der Waals surface area contributed by atoms with Gasteiger partial charge in [-0.05, 0) is 113 Å². The lowest BCUT2D eigenvalue weighted by molar-refractivity contribution is -0.259. The number of nitrogens with one attached hydrogen (secondary N) is 2. The highest BCUT2D eigenvalue weighted by molar-refractivity contribution is 5.87. The predicted octanol–water partition coefficient (Wildman–Crippen LogP) is 7.20. The molecule has 8 bridgehead atoms. The quantitative estimate of drug-likeness (QED) is 0.102. The van der Waals surface area contributed by atoms with Gasteiger partial charge in [-0.3, -0.25) is 0 Å². The van der Waals surface area contributed by atoms with Crippen LogP contribution in [0, 0.1) is 21.7 Å². The summed E-state index contributed by atoms with van der Waals surface area (Å²) < 4.78 is 24.6. The predicted molar refractivity (Wildman–Crippen MR) is 179 cm³/mol. The minimum absolute atomic E-state index is 0.0688. The lowest BCUT2D eigenvalue weighted by Crippen LogP contribution is -2.68. The molecular weight excluding hydrogens is 612 g/mol. The van der Waals surface area contributed by atoms with Crippen LogP contribution in [0.1, 0.15) is 131 Å². The number of hydrogen-bond acceptors (Lipinski definition) is 8. The number of amides is 2. The van der Waals surface area contributed by atoms with Crippen LogP contribution in [0.2, 0.25) is 0 Å². The Hall–Kier alpha value is -3.04. The highest BCUT2D eigenvalue weighted by Gasteiger charge is 2.70. The number of hydrogen-bond donors (Lipinski definition) is 2. The largest absolute Gasteiger partial charge is 0.456 e. The molecular formula is C38H56N2O8. The van der Waals surface area contributed by atoms with Gasteiger partial charge in [0.15, 0.2) is 0 Å². The third kappa shape index (κ3) is 6.74. The van der Waals surface area contributed by atoms with Crippen LogP contribution >= 0.6 is 0 Å². The molecule has 0 heterocycles. The second-order valence-corrected chi connectivity index (χ2v) is 18.8. The average Bonchev–Trinajstić information content (AvgIpc) is 2.85. The lowest BCUT2D eigenvalue weighted by atomic mass is 9.42. The molecule has 0 aliphatic heterocycles. The zero-order chi connectivity index (χ0) is 35.0. The molecule has 8 aliphatic carbocycles. The molecule has 4 atom stereocenters. The summed E-state index contributed by atoms with van der Waals surface area (Å²) in [6.07, 6.45) is 9.63. The molecule has 0 aromatic carbocycles. The fourth-order valence-electron chi connectivity index (χ4n) is 13.1. The second-order valence-electron chi connectivity index (χ2n) is 18.8. The van der Waals surface area contributed by atoms with Gasteiger partial charge >= 0.3 is 24.1 Å². The average molecular weight is 669 g/mol. The van der Waals surface area contributed by atoms with Gasteiger partial charge in [-0.1, -0.05) is 40.9 Å². The maximum Gasteiger partial charge on any atom is 0.407 e. The van der Waals surface area contributed by atoms with Crippen molar-refractivity contribution in [2.75, 3.05) is 13.1 Å².